The number of esters is 1. The highest BCUT2D eigenvalue weighted by molar-refractivity contribution is 5.94. The lowest BCUT2D eigenvalue weighted by Crippen LogP contribution is -2.23. The van der Waals surface area contributed by atoms with E-state index in [2.05, 4.69) is 6.07 Å². The van der Waals surface area contributed by atoms with E-state index in [4.69, 9.17) is 4.74 Å². The Kier molecular flexibility index (Phi) is 3.08. The lowest BCUT2D eigenvalue weighted by molar-refractivity contribution is 0.0524. The zero-order valence-corrected chi connectivity index (χ0v) is 11.7. The lowest BCUT2D eigenvalue weighted by atomic mass is 9.97. The van der Waals surface area contributed by atoms with Crippen molar-refractivity contribution in [1.82, 2.24) is 4.57 Å². The van der Waals surface area contributed by atoms with Gasteiger partial charge in [-0.05, 0) is 43.9 Å². The van der Waals surface area contributed by atoms with Crippen molar-refractivity contribution < 1.29 is 9.53 Å². The Hall–Kier alpha value is -2.10. The third-order valence-corrected chi connectivity index (χ3v) is 3.74. The first-order chi connectivity index (χ1) is 9.61. The SMILES string of the molecule is CCOC(=O)c1cn2c3c(cc(C)cc3c1=O)CCC2. The maximum atomic E-state index is 12.5. The summed E-state index contributed by atoms with van der Waals surface area (Å²) in [5.41, 5.74) is 3.14. The normalized spacial score (nSPS) is 13.5. The molecule has 0 aliphatic carbocycles. The number of aryl methyl sites for hydroxylation is 3. The number of ether oxygens (including phenoxy) is 1. The molecule has 1 aromatic heterocycles. The average molecular weight is 271 g/mol. The van der Waals surface area contributed by atoms with Crippen LogP contribution in [0.3, 0.4) is 0 Å². The monoisotopic (exact) mass is 271 g/mol. The molecule has 4 nitrogen and oxygen atoms in total. The number of rotatable bonds is 2. The van der Waals surface area contributed by atoms with Gasteiger partial charge in [0, 0.05) is 18.1 Å². The maximum absolute atomic E-state index is 12.5. The van der Waals surface area contributed by atoms with Gasteiger partial charge in [-0.3, -0.25) is 4.79 Å². The second kappa shape index (κ2) is 4.78. The Bertz CT molecular complexity index is 758. The molecule has 2 aromatic rings. The number of carbonyl (C=O) groups is 1. The molecule has 0 atom stereocenters. The molecule has 20 heavy (non-hydrogen) atoms. The van der Waals surface area contributed by atoms with Gasteiger partial charge in [0.2, 0.25) is 5.43 Å². The summed E-state index contributed by atoms with van der Waals surface area (Å²) in [6, 6.07) is 3.99. The Morgan fingerprint density at radius 2 is 2.20 bits per heavy atom. The summed E-state index contributed by atoms with van der Waals surface area (Å²) in [7, 11) is 0. The number of hydrogen-bond acceptors (Lipinski definition) is 3. The van der Waals surface area contributed by atoms with Crippen LogP contribution in [-0.4, -0.2) is 17.1 Å². The standard InChI is InChI=1S/C16H17NO3/c1-3-20-16(19)13-9-17-6-4-5-11-7-10(2)8-12(14(11)17)15(13)18/h7-9H,3-6H2,1-2H3. The van der Waals surface area contributed by atoms with Gasteiger partial charge >= 0.3 is 5.97 Å². The van der Waals surface area contributed by atoms with Gasteiger partial charge in [-0.25, -0.2) is 4.79 Å². The van der Waals surface area contributed by atoms with Crippen LogP contribution in [0.4, 0.5) is 0 Å². The fraction of sp³-hybridized carbons (Fsp3) is 0.375. The number of hydrogen-bond donors (Lipinski definition) is 0. The van der Waals surface area contributed by atoms with Crippen molar-refractivity contribution in [2.45, 2.75) is 33.2 Å². The van der Waals surface area contributed by atoms with Crippen LogP contribution in [0.25, 0.3) is 10.9 Å². The van der Waals surface area contributed by atoms with Gasteiger partial charge in [-0.15, -0.1) is 0 Å². The highest BCUT2D eigenvalue weighted by Crippen LogP contribution is 2.25. The van der Waals surface area contributed by atoms with E-state index in [-0.39, 0.29) is 17.6 Å². The summed E-state index contributed by atoms with van der Waals surface area (Å²) >= 11 is 0. The van der Waals surface area contributed by atoms with E-state index < -0.39 is 5.97 Å². The summed E-state index contributed by atoms with van der Waals surface area (Å²) in [4.78, 5) is 24.5. The van der Waals surface area contributed by atoms with Crippen LogP contribution in [0.15, 0.2) is 23.1 Å². The molecule has 0 bridgehead atoms. The fourth-order valence-corrected chi connectivity index (χ4v) is 2.95. The Morgan fingerprint density at radius 3 is 2.95 bits per heavy atom. The van der Waals surface area contributed by atoms with Crippen LogP contribution in [0.1, 0.15) is 34.8 Å². The molecular formula is C16H17NO3. The van der Waals surface area contributed by atoms with Crippen LogP contribution in [0.5, 0.6) is 0 Å². The second-order valence-electron chi connectivity index (χ2n) is 5.21. The van der Waals surface area contributed by atoms with E-state index in [1.165, 1.54) is 5.56 Å². The van der Waals surface area contributed by atoms with Crippen molar-refractivity contribution in [1.29, 1.82) is 0 Å². The van der Waals surface area contributed by atoms with Crippen LogP contribution in [-0.2, 0) is 17.7 Å². The summed E-state index contributed by atoms with van der Waals surface area (Å²) in [6.45, 7) is 4.82. The predicted octanol–water partition coefficient (Wildman–Crippen LogP) is 2.43. The topological polar surface area (TPSA) is 48.3 Å². The number of nitrogens with zero attached hydrogens (tertiary/aromatic N) is 1. The van der Waals surface area contributed by atoms with Gasteiger partial charge in [0.25, 0.3) is 0 Å². The largest absolute Gasteiger partial charge is 0.462 e. The van der Waals surface area contributed by atoms with Gasteiger partial charge in [-0.2, -0.15) is 0 Å². The Labute approximate surface area is 117 Å². The molecule has 1 aliphatic rings. The third-order valence-electron chi connectivity index (χ3n) is 3.74. The van der Waals surface area contributed by atoms with E-state index in [1.807, 2.05) is 17.6 Å². The molecule has 0 saturated heterocycles. The first-order valence-corrected chi connectivity index (χ1v) is 6.95. The number of benzene rings is 1. The van der Waals surface area contributed by atoms with Crippen molar-refractivity contribution in [2.75, 3.05) is 6.61 Å². The van der Waals surface area contributed by atoms with Crippen molar-refractivity contribution >= 4 is 16.9 Å². The molecule has 3 rings (SSSR count). The average Bonchev–Trinajstić information content (AvgIpc) is 2.42. The molecule has 0 saturated carbocycles. The molecular weight excluding hydrogens is 254 g/mol. The molecule has 2 heterocycles. The van der Waals surface area contributed by atoms with Crippen LogP contribution in [0, 0.1) is 6.92 Å². The van der Waals surface area contributed by atoms with Gasteiger partial charge in [-0.1, -0.05) is 6.07 Å². The number of pyridine rings is 1. The van der Waals surface area contributed by atoms with Crippen molar-refractivity contribution in [3.05, 3.63) is 45.2 Å². The molecule has 0 radical (unpaired) electrons. The van der Waals surface area contributed by atoms with Crippen molar-refractivity contribution in [3.63, 3.8) is 0 Å². The fourth-order valence-electron chi connectivity index (χ4n) is 2.95. The molecule has 0 N–H and O–H groups in total. The highest BCUT2D eigenvalue weighted by Gasteiger charge is 2.20. The molecule has 0 unspecified atom stereocenters. The quantitative estimate of drug-likeness (QED) is 0.788. The highest BCUT2D eigenvalue weighted by atomic mass is 16.5. The zero-order chi connectivity index (χ0) is 14.3. The molecule has 1 aromatic carbocycles. The minimum absolute atomic E-state index is 0.137. The second-order valence-corrected chi connectivity index (χ2v) is 5.21. The molecule has 0 spiro atoms. The Balaban J connectivity index is 2.34. The minimum Gasteiger partial charge on any atom is -0.462 e. The molecule has 4 heteroatoms. The van der Waals surface area contributed by atoms with E-state index in [1.54, 1.807) is 13.1 Å². The van der Waals surface area contributed by atoms with E-state index in [0.717, 1.165) is 30.5 Å². The van der Waals surface area contributed by atoms with E-state index in [9.17, 15) is 9.59 Å². The molecule has 0 amide bonds. The van der Waals surface area contributed by atoms with E-state index >= 15 is 0 Å². The maximum Gasteiger partial charge on any atom is 0.343 e. The van der Waals surface area contributed by atoms with Gasteiger partial charge < -0.3 is 9.30 Å². The smallest absolute Gasteiger partial charge is 0.343 e. The first kappa shape index (κ1) is 12.9. The number of carbonyl (C=O) groups excluding carboxylic acids is 1. The zero-order valence-electron chi connectivity index (χ0n) is 11.7. The minimum atomic E-state index is -0.531. The van der Waals surface area contributed by atoms with Gasteiger partial charge in [0.05, 0.1) is 12.1 Å². The summed E-state index contributed by atoms with van der Waals surface area (Å²) in [5, 5.41) is 0.630. The van der Waals surface area contributed by atoms with E-state index in [0.29, 0.717) is 5.39 Å². The van der Waals surface area contributed by atoms with Crippen molar-refractivity contribution in [2.24, 2.45) is 0 Å². The summed E-state index contributed by atoms with van der Waals surface area (Å²) in [6.07, 6.45) is 3.66. The van der Waals surface area contributed by atoms with Crippen molar-refractivity contribution in [3.8, 4) is 0 Å². The predicted molar refractivity (Wildman–Crippen MR) is 77.2 cm³/mol. The number of aromatic nitrogens is 1. The summed E-state index contributed by atoms with van der Waals surface area (Å²) in [5.74, 6) is -0.531. The van der Waals surface area contributed by atoms with Crippen LogP contribution < -0.4 is 5.43 Å². The molecule has 1 aliphatic heterocycles. The first-order valence-electron chi connectivity index (χ1n) is 6.95. The lowest BCUT2D eigenvalue weighted by Gasteiger charge is -2.21. The summed E-state index contributed by atoms with van der Waals surface area (Å²) < 4.78 is 7.00. The van der Waals surface area contributed by atoms with Crippen LogP contribution in [0.2, 0.25) is 0 Å². The third kappa shape index (κ3) is 1.92. The molecule has 0 fully saturated rings. The molecule has 104 valence electrons. The van der Waals surface area contributed by atoms with Crippen LogP contribution >= 0.6 is 0 Å². The Morgan fingerprint density at radius 1 is 1.40 bits per heavy atom. The van der Waals surface area contributed by atoms with Gasteiger partial charge in [0.1, 0.15) is 5.56 Å². The van der Waals surface area contributed by atoms with Gasteiger partial charge in [0.15, 0.2) is 0 Å².